The van der Waals surface area contributed by atoms with Crippen molar-refractivity contribution >= 4 is 29.7 Å². The van der Waals surface area contributed by atoms with Gasteiger partial charge < -0.3 is 20.1 Å². The van der Waals surface area contributed by atoms with Crippen LogP contribution in [0.2, 0.25) is 0 Å². The molecule has 8 heteroatoms. The van der Waals surface area contributed by atoms with Crippen LogP contribution in [-0.2, 0) is 14.3 Å². The lowest BCUT2D eigenvalue weighted by Crippen LogP contribution is -2.44. The van der Waals surface area contributed by atoms with Gasteiger partial charge in [-0.15, -0.1) is 11.8 Å². The molecule has 2 N–H and O–H groups in total. The Morgan fingerprint density at radius 2 is 1.70 bits per heavy atom. The third kappa shape index (κ3) is 5.00. The smallest absolute Gasteiger partial charge is 0.407 e. The lowest BCUT2D eigenvalue weighted by Gasteiger charge is -2.28. The zero-order chi connectivity index (χ0) is 23.6. The Labute approximate surface area is 197 Å². The van der Waals surface area contributed by atoms with Crippen LogP contribution in [0.3, 0.4) is 0 Å². The van der Waals surface area contributed by atoms with Crippen molar-refractivity contribution in [3.8, 4) is 11.1 Å². The summed E-state index contributed by atoms with van der Waals surface area (Å²) in [5, 5.41) is 12.1. The summed E-state index contributed by atoms with van der Waals surface area (Å²) in [6.45, 7) is 4.21. The minimum Gasteiger partial charge on any atom is -0.480 e. The van der Waals surface area contributed by atoms with E-state index in [2.05, 4.69) is 29.6 Å². The van der Waals surface area contributed by atoms with Gasteiger partial charge in [0.2, 0.25) is 5.91 Å². The number of carbonyl (C=O) groups excluding carboxylic acids is 2. The largest absolute Gasteiger partial charge is 0.480 e. The Hall–Kier alpha value is -3.00. The standard InChI is InChI=1S/C25H28N2O5S/c1-25(2,11-22(28)27-15-33-13-21(27)23(29)30)14-26-24(31)32-12-20-18-9-5-3-7-16(18)17-8-4-6-10-19(17)20/h3-10,20-21H,11-15H2,1-2H3,(H,26,31)(H,29,30)/t21-/m0/s1. The number of nitrogens with zero attached hydrogens (tertiary/aromatic N) is 1. The van der Waals surface area contributed by atoms with Crippen LogP contribution in [0.5, 0.6) is 0 Å². The molecule has 0 aromatic heterocycles. The molecule has 2 aromatic rings. The molecule has 2 aromatic carbocycles. The second-order valence-corrected chi connectivity index (χ2v) is 10.2. The highest BCUT2D eigenvalue weighted by atomic mass is 32.2. The van der Waals surface area contributed by atoms with Crippen LogP contribution in [0.1, 0.15) is 37.3 Å². The number of aliphatic carboxylic acids is 1. The highest BCUT2D eigenvalue weighted by Crippen LogP contribution is 2.44. The van der Waals surface area contributed by atoms with E-state index in [1.807, 2.05) is 38.1 Å². The number of hydrogen-bond acceptors (Lipinski definition) is 5. The number of alkyl carbamates (subject to hydrolysis) is 1. The molecule has 0 bridgehead atoms. The normalized spacial score (nSPS) is 17.4. The molecule has 174 valence electrons. The summed E-state index contributed by atoms with van der Waals surface area (Å²) in [5.41, 5.74) is 4.09. The maximum Gasteiger partial charge on any atom is 0.407 e. The summed E-state index contributed by atoms with van der Waals surface area (Å²) in [6, 6.07) is 15.5. The van der Waals surface area contributed by atoms with E-state index in [-0.39, 0.29) is 31.4 Å². The van der Waals surface area contributed by atoms with Gasteiger partial charge in [0.15, 0.2) is 0 Å². The molecule has 1 aliphatic heterocycles. The van der Waals surface area contributed by atoms with Gasteiger partial charge >= 0.3 is 12.1 Å². The van der Waals surface area contributed by atoms with Gasteiger partial charge in [-0.2, -0.15) is 0 Å². The van der Waals surface area contributed by atoms with E-state index >= 15 is 0 Å². The molecule has 0 spiro atoms. The third-order valence-electron chi connectivity index (χ3n) is 6.17. The molecule has 0 radical (unpaired) electrons. The maximum atomic E-state index is 12.7. The average molecular weight is 469 g/mol. The van der Waals surface area contributed by atoms with Gasteiger partial charge in [-0.25, -0.2) is 9.59 Å². The Bertz CT molecular complexity index is 1020. The highest BCUT2D eigenvalue weighted by molar-refractivity contribution is 7.99. The highest BCUT2D eigenvalue weighted by Gasteiger charge is 2.37. The molecule has 1 atom stereocenters. The summed E-state index contributed by atoms with van der Waals surface area (Å²) in [4.78, 5) is 37.9. The molecule has 4 rings (SSSR count). The monoisotopic (exact) mass is 468 g/mol. The number of nitrogens with one attached hydrogen (secondary N) is 1. The molecule has 7 nitrogen and oxygen atoms in total. The Morgan fingerprint density at radius 3 is 2.30 bits per heavy atom. The second kappa shape index (κ2) is 9.47. The Morgan fingerprint density at radius 1 is 1.09 bits per heavy atom. The topological polar surface area (TPSA) is 95.9 Å². The number of carboxylic acid groups (broad SMARTS) is 1. The molecule has 2 amide bonds. The van der Waals surface area contributed by atoms with Crippen LogP contribution >= 0.6 is 11.8 Å². The van der Waals surface area contributed by atoms with Gasteiger partial charge in [-0.05, 0) is 27.7 Å². The minimum atomic E-state index is -0.983. The Kier molecular flexibility index (Phi) is 6.65. The summed E-state index contributed by atoms with van der Waals surface area (Å²) < 4.78 is 5.56. The van der Waals surface area contributed by atoms with Crippen LogP contribution in [0.15, 0.2) is 48.5 Å². The SMILES string of the molecule is CC(C)(CNC(=O)OCC1c2ccccc2-c2ccccc21)CC(=O)N1CSC[C@H]1C(=O)O. The second-order valence-electron chi connectivity index (χ2n) is 9.24. The van der Waals surface area contributed by atoms with E-state index in [9.17, 15) is 19.5 Å². The maximum absolute atomic E-state index is 12.7. The molecule has 1 fully saturated rings. The Balaban J connectivity index is 1.31. The van der Waals surface area contributed by atoms with E-state index in [0.29, 0.717) is 11.6 Å². The summed E-state index contributed by atoms with van der Waals surface area (Å²) >= 11 is 1.43. The quantitative estimate of drug-likeness (QED) is 0.639. The molecular weight excluding hydrogens is 440 g/mol. The third-order valence-corrected chi connectivity index (χ3v) is 7.18. The van der Waals surface area contributed by atoms with E-state index in [1.54, 1.807) is 0 Å². The van der Waals surface area contributed by atoms with Gasteiger partial charge in [0.05, 0.1) is 5.88 Å². The predicted molar refractivity (Wildman–Crippen MR) is 127 cm³/mol. The van der Waals surface area contributed by atoms with Crippen molar-refractivity contribution in [1.82, 2.24) is 10.2 Å². The number of carbonyl (C=O) groups is 3. The molecule has 0 saturated carbocycles. The van der Waals surface area contributed by atoms with Crippen LogP contribution in [0.4, 0.5) is 4.79 Å². The summed E-state index contributed by atoms with van der Waals surface area (Å²) in [5.74, 6) is -0.432. The molecule has 1 saturated heterocycles. The fraction of sp³-hybridized carbons (Fsp3) is 0.400. The molecule has 33 heavy (non-hydrogen) atoms. The van der Waals surface area contributed by atoms with Gasteiger partial charge in [0.1, 0.15) is 12.6 Å². The van der Waals surface area contributed by atoms with Crippen molar-refractivity contribution in [3.63, 3.8) is 0 Å². The van der Waals surface area contributed by atoms with E-state index in [0.717, 1.165) is 11.1 Å². The first-order valence-corrected chi connectivity index (χ1v) is 12.1. The first-order valence-electron chi connectivity index (χ1n) is 11.0. The van der Waals surface area contributed by atoms with Crippen LogP contribution in [0, 0.1) is 5.41 Å². The fourth-order valence-electron chi connectivity index (χ4n) is 4.43. The number of carboxylic acids is 1. The van der Waals surface area contributed by atoms with Gasteiger partial charge in [-0.1, -0.05) is 62.4 Å². The van der Waals surface area contributed by atoms with Gasteiger partial charge in [-0.3, -0.25) is 4.79 Å². The number of fused-ring (bicyclic) bond motifs is 3. The van der Waals surface area contributed by atoms with Crippen molar-refractivity contribution in [3.05, 3.63) is 59.7 Å². The van der Waals surface area contributed by atoms with Crippen molar-refractivity contribution in [2.24, 2.45) is 5.41 Å². The predicted octanol–water partition coefficient (Wildman–Crippen LogP) is 3.93. The zero-order valence-electron chi connectivity index (χ0n) is 18.7. The van der Waals surface area contributed by atoms with Crippen molar-refractivity contribution in [2.45, 2.75) is 32.2 Å². The van der Waals surface area contributed by atoms with Crippen molar-refractivity contribution < 1.29 is 24.2 Å². The molecule has 2 aliphatic rings. The van der Waals surface area contributed by atoms with Crippen LogP contribution < -0.4 is 5.32 Å². The van der Waals surface area contributed by atoms with Crippen molar-refractivity contribution in [1.29, 1.82) is 0 Å². The minimum absolute atomic E-state index is 0.0154. The first kappa shape index (κ1) is 23.2. The molecule has 0 unspecified atom stereocenters. The van der Waals surface area contributed by atoms with E-state index in [1.165, 1.54) is 27.8 Å². The van der Waals surface area contributed by atoms with Gasteiger partial charge in [0, 0.05) is 24.6 Å². The number of amides is 2. The fourth-order valence-corrected chi connectivity index (χ4v) is 5.60. The van der Waals surface area contributed by atoms with E-state index in [4.69, 9.17) is 4.74 Å². The molecular formula is C25H28N2O5S. The number of hydrogen-bond donors (Lipinski definition) is 2. The lowest BCUT2D eigenvalue weighted by atomic mass is 9.88. The van der Waals surface area contributed by atoms with Gasteiger partial charge in [0.25, 0.3) is 0 Å². The van der Waals surface area contributed by atoms with Crippen LogP contribution in [-0.4, -0.2) is 58.8 Å². The molecule has 1 heterocycles. The average Bonchev–Trinajstić information content (AvgIpc) is 3.40. The van der Waals surface area contributed by atoms with E-state index < -0.39 is 23.5 Å². The summed E-state index contributed by atoms with van der Waals surface area (Å²) in [7, 11) is 0. The van der Waals surface area contributed by atoms with Crippen LogP contribution in [0.25, 0.3) is 11.1 Å². The number of thioether (sulfide) groups is 1. The number of rotatable bonds is 7. The number of benzene rings is 2. The summed E-state index contributed by atoms with van der Waals surface area (Å²) in [6.07, 6.45) is -0.390. The van der Waals surface area contributed by atoms with Crippen molar-refractivity contribution in [2.75, 3.05) is 24.8 Å². The number of ether oxygens (including phenoxy) is 1. The lowest BCUT2D eigenvalue weighted by molar-refractivity contribution is -0.148. The molecule has 1 aliphatic carbocycles. The zero-order valence-corrected chi connectivity index (χ0v) is 19.6. The first-order chi connectivity index (χ1) is 15.8.